The number of ether oxygens (including phenoxy) is 1. The van der Waals surface area contributed by atoms with Crippen LogP contribution in [0.25, 0.3) is 5.69 Å². The van der Waals surface area contributed by atoms with Crippen LogP contribution >= 0.6 is 10.8 Å². The van der Waals surface area contributed by atoms with Gasteiger partial charge in [0.2, 0.25) is 0 Å². The van der Waals surface area contributed by atoms with E-state index in [1.165, 1.54) is 12.1 Å². The van der Waals surface area contributed by atoms with Crippen LogP contribution in [-0.2, 0) is 6.61 Å². The minimum atomic E-state index is -3.20. The molecular weight excluding hydrogens is 316 g/mol. The van der Waals surface area contributed by atoms with Gasteiger partial charge in [-0.3, -0.25) is 9.11 Å². The SMILES string of the molecule is NS(O)(O)c1ccc(OCc2cn(-c3ccccc3)nn2)cc1. The van der Waals surface area contributed by atoms with Crippen molar-refractivity contribution in [2.45, 2.75) is 11.5 Å². The van der Waals surface area contributed by atoms with E-state index in [4.69, 9.17) is 9.88 Å². The third kappa shape index (κ3) is 3.88. The Labute approximate surface area is 134 Å². The summed E-state index contributed by atoms with van der Waals surface area (Å²) in [7, 11) is -3.20. The van der Waals surface area contributed by atoms with Gasteiger partial charge in [-0.25, -0.2) is 9.82 Å². The maximum absolute atomic E-state index is 9.35. The first-order chi connectivity index (χ1) is 11.0. The Morgan fingerprint density at radius 1 is 1.04 bits per heavy atom. The lowest BCUT2D eigenvalue weighted by Crippen LogP contribution is -2.08. The molecule has 8 heteroatoms. The molecule has 0 unspecified atom stereocenters. The van der Waals surface area contributed by atoms with E-state index in [2.05, 4.69) is 10.3 Å². The van der Waals surface area contributed by atoms with Gasteiger partial charge in [0.25, 0.3) is 0 Å². The van der Waals surface area contributed by atoms with E-state index < -0.39 is 10.8 Å². The van der Waals surface area contributed by atoms with Crippen LogP contribution in [0.3, 0.4) is 0 Å². The van der Waals surface area contributed by atoms with Crippen LogP contribution in [0.1, 0.15) is 5.69 Å². The molecule has 0 amide bonds. The zero-order chi connectivity index (χ0) is 16.3. The van der Waals surface area contributed by atoms with Gasteiger partial charge >= 0.3 is 0 Å². The maximum atomic E-state index is 9.35. The number of nitrogens with zero attached hydrogens (tertiary/aromatic N) is 3. The smallest absolute Gasteiger partial charge is 0.134 e. The highest BCUT2D eigenvalue weighted by molar-refractivity contribution is 8.22. The van der Waals surface area contributed by atoms with Gasteiger partial charge in [-0.15, -0.1) is 15.9 Å². The monoisotopic (exact) mass is 332 g/mol. The second-order valence-electron chi connectivity index (χ2n) is 4.84. The molecule has 7 nitrogen and oxygen atoms in total. The molecule has 0 bridgehead atoms. The first-order valence-corrected chi connectivity index (χ1v) is 8.39. The van der Waals surface area contributed by atoms with Crippen LogP contribution in [0.2, 0.25) is 0 Å². The Hall–Kier alpha value is -2.39. The van der Waals surface area contributed by atoms with Crippen molar-refractivity contribution in [3.8, 4) is 11.4 Å². The second-order valence-corrected chi connectivity index (χ2v) is 6.50. The quantitative estimate of drug-likeness (QED) is 0.663. The van der Waals surface area contributed by atoms with Gasteiger partial charge in [0.05, 0.1) is 16.8 Å². The Kier molecular flexibility index (Phi) is 4.30. The highest BCUT2D eigenvalue weighted by Gasteiger charge is 2.09. The standard InChI is InChI=1S/C15H16N4O3S/c16-23(20,21)15-8-6-14(7-9-15)22-11-12-10-19(18-17-12)13-4-2-1-3-5-13/h1-10,20-21H,11,16H2. The molecule has 0 radical (unpaired) electrons. The molecule has 0 aliphatic rings. The summed E-state index contributed by atoms with van der Waals surface area (Å²) >= 11 is 0. The average Bonchev–Trinajstić information content (AvgIpc) is 3.02. The molecule has 1 heterocycles. The summed E-state index contributed by atoms with van der Waals surface area (Å²) < 4.78 is 26.0. The Balaban J connectivity index is 1.64. The van der Waals surface area contributed by atoms with Gasteiger partial charge in [-0.05, 0) is 36.4 Å². The highest BCUT2D eigenvalue weighted by Crippen LogP contribution is 2.40. The molecule has 0 aliphatic heterocycles. The molecule has 0 saturated carbocycles. The molecule has 0 atom stereocenters. The van der Waals surface area contributed by atoms with E-state index in [1.807, 2.05) is 30.3 Å². The van der Waals surface area contributed by atoms with Crippen molar-refractivity contribution in [2.75, 3.05) is 0 Å². The van der Waals surface area contributed by atoms with Gasteiger partial charge < -0.3 is 4.74 Å². The highest BCUT2D eigenvalue weighted by atomic mass is 32.3. The molecule has 0 aliphatic carbocycles. The van der Waals surface area contributed by atoms with Gasteiger partial charge in [-0.2, -0.15) is 0 Å². The second kappa shape index (κ2) is 6.39. The first-order valence-electron chi connectivity index (χ1n) is 6.78. The summed E-state index contributed by atoms with van der Waals surface area (Å²) in [6.07, 6.45) is 1.79. The van der Waals surface area contributed by atoms with E-state index in [0.29, 0.717) is 11.4 Å². The number of aromatic nitrogens is 3. The molecule has 0 saturated heterocycles. The fourth-order valence-electron chi connectivity index (χ4n) is 1.96. The molecule has 3 rings (SSSR count). The van der Waals surface area contributed by atoms with Crippen LogP contribution in [0.15, 0.2) is 65.7 Å². The van der Waals surface area contributed by atoms with Crippen molar-refractivity contribution >= 4 is 10.8 Å². The number of nitrogens with two attached hydrogens (primary N) is 1. The third-order valence-electron chi connectivity index (χ3n) is 3.12. The summed E-state index contributed by atoms with van der Waals surface area (Å²) in [5.74, 6) is 0.576. The lowest BCUT2D eigenvalue weighted by atomic mass is 10.3. The van der Waals surface area contributed by atoms with Crippen molar-refractivity contribution in [3.05, 3.63) is 66.5 Å². The van der Waals surface area contributed by atoms with E-state index in [9.17, 15) is 9.11 Å². The third-order valence-corrected chi connectivity index (χ3v) is 4.08. The van der Waals surface area contributed by atoms with Gasteiger partial charge in [0.15, 0.2) is 0 Å². The number of benzene rings is 2. The van der Waals surface area contributed by atoms with E-state index >= 15 is 0 Å². The Morgan fingerprint density at radius 3 is 2.39 bits per heavy atom. The van der Waals surface area contributed by atoms with E-state index in [0.717, 1.165) is 5.69 Å². The summed E-state index contributed by atoms with van der Waals surface area (Å²) in [5.41, 5.74) is 1.60. The normalized spacial score (nSPS) is 12.1. The summed E-state index contributed by atoms with van der Waals surface area (Å²) in [6, 6.07) is 15.9. The lowest BCUT2D eigenvalue weighted by Gasteiger charge is -2.26. The lowest BCUT2D eigenvalue weighted by molar-refractivity contribution is 0.301. The molecule has 120 valence electrons. The predicted octanol–water partition coefficient (Wildman–Crippen LogP) is 2.83. The van der Waals surface area contributed by atoms with Crippen LogP contribution in [0.4, 0.5) is 0 Å². The van der Waals surface area contributed by atoms with E-state index in [-0.39, 0.29) is 11.5 Å². The summed E-state index contributed by atoms with van der Waals surface area (Å²) in [4.78, 5) is 0.264. The molecule has 4 N–H and O–H groups in total. The zero-order valence-electron chi connectivity index (χ0n) is 12.1. The Bertz CT molecular complexity index is 769. The van der Waals surface area contributed by atoms with Gasteiger partial charge in [0.1, 0.15) is 18.1 Å². The van der Waals surface area contributed by atoms with Gasteiger partial charge in [-0.1, -0.05) is 23.4 Å². The maximum Gasteiger partial charge on any atom is 0.134 e. The number of hydrogen-bond donors (Lipinski definition) is 3. The summed E-state index contributed by atoms with van der Waals surface area (Å²) in [5, 5.41) is 13.4. The predicted molar refractivity (Wildman–Crippen MR) is 87.4 cm³/mol. The molecule has 2 aromatic carbocycles. The fourth-order valence-corrected chi connectivity index (χ4v) is 2.50. The number of rotatable bonds is 5. The minimum Gasteiger partial charge on any atom is -0.487 e. The topological polar surface area (TPSA) is 106 Å². The van der Waals surface area contributed by atoms with Crippen molar-refractivity contribution < 1.29 is 13.8 Å². The molecule has 23 heavy (non-hydrogen) atoms. The number of hydrogen-bond acceptors (Lipinski definition) is 6. The van der Waals surface area contributed by atoms with Gasteiger partial charge in [0, 0.05) is 0 Å². The summed E-state index contributed by atoms with van der Waals surface area (Å²) in [6.45, 7) is 0.255. The molecule has 1 aromatic heterocycles. The van der Waals surface area contributed by atoms with Crippen molar-refractivity contribution in [2.24, 2.45) is 5.14 Å². The van der Waals surface area contributed by atoms with Crippen molar-refractivity contribution in [3.63, 3.8) is 0 Å². The molecule has 0 fully saturated rings. The largest absolute Gasteiger partial charge is 0.487 e. The molecule has 3 aromatic rings. The number of para-hydroxylation sites is 1. The molecule has 0 spiro atoms. The zero-order valence-corrected chi connectivity index (χ0v) is 12.9. The van der Waals surface area contributed by atoms with Crippen LogP contribution in [0.5, 0.6) is 5.75 Å². The van der Waals surface area contributed by atoms with Crippen LogP contribution in [0, 0.1) is 0 Å². The Morgan fingerprint density at radius 2 is 1.74 bits per heavy atom. The van der Waals surface area contributed by atoms with Crippen molar-refractivity contribution in [1.82, 2.24) is 15.0 Å². The van der Waals surface area contributed by atoms with E-state index in [1.54, 1.807) is 23.0 Å². The average molecular weight is 332 g/mol. The van der Waals surface area contributed by atoms with Crippen LogP contribution < -0.4 is 9.88 Å². The van der Waals surface area contributed by atoms with Crippen LogP contribution in [-0.4, -0.2) is 24.1 Å². The minimum absolute atomic E-state index is 0.255. The first kappa shape index (κ1) is 15.5. The van der Waals surface area contributed by atoms with Crippen molar-refractivity contribution in [1.29, 1.82) is 0 Å². The molecular formula is C15H16N4O3S. The fraction of sp³-hybridized carbons (Fsp3) is 0.0667.